The molecule has 236 valence electrons. The minimum Gasteiger partial charge on any atom is -0.744 e. The van der Waals surface area contributed by atoms with E-state index in [1.54, 1.807) is 24.5 Å². The van der Waals surface area contributed by atoms with Crippen molar-refractivity contribution in [1.82, 2.24) is 4.98 Å². The van der Waals surface area contributed by atoms with Crippen LogP contribution < -0.4 is 4.90 Å². The molecular weight excluding hydrogens is 611 g/mol. The molecule has 0 aliphatic carbocycles. The van der Waals surface area contributed by atoms with Gasteiger partial charge in [0, 0.05) is 53.4 Å². The molecule has 0 N–H and O–H groups in total. The van der Waals surface area contributed by atoms with E-state index < -0.39 is 31.1 Å². The number of pyridine rings is 1. The molecule has 0 atom stereocenters. The van der Waals surface area contributed by atoms with Crippen LogP contribution in [0.4, 0.5) is 11.4 Å². The summed E-state index contributed by atoms with van der Waals surface area (Å²) in [7, 11) is -9.21. The predicted octanol–water partition coefficient (Wildman–Crippen LogP) is 5.63. The topological polar surface area (TPSA) is 134 Å². The fourth-order valence-electron chi connectivity index (χ4n) is 6.43. The summed E-state index contributed by atoms with van der Waals surface area (Å²) in [6.45, 7) is 13.3. The van der Waals surface area contributed by atoms with Crippen LogP contribution in [0.3, 0.4) is 0 Å². The molecule has 5 rings (SSSR count). The highest BCUT2D eigenvalue weighted by atomic mass is 32.2. The molecule has 0 amide bonds. The number of benzene rings is 2. The number of fused-ring (bicyclic) bond motifs is 2. The van der Waals surface area contributed by atoms with Gasteiger partial charge in [0.15, 0.2) is 5.71 Å². The van der Waals surface area contributed by atoms with Crippen LogP contribution in [0.25, 0.3) is 5.57 Å². The monoisotopic (exact) mass is 646 g/mol. The van der Waals surface area contributed by atoms with Crippen molar-refractivity contribution in [2.45, 2.75) is 62.2 Å². The first-order chi connectivity index (χ1) is 21.0. The number of hydrogen-bond acceptors (Lipinski definition) is 8. The third-order valence-electron chi connectivity index (χ3n) is 8.79. The van der Waals surface area contributed by atoms with Gasteiger partial charge in [-0.25, -0.2) is 16.8 Å². The molecule has 0 saturated carbocycles. The third kappa shape index (κ3) is 5.81. The van der Waals surface area contributed by atoms with Gasteiger partial charge < -0.3 is 14.0 Å². The molecule has 0 fully saturated rings. The Kier molecular flexibility index (Phi) is 8.28. The van der Waals surface area contributed by atoms with Crippen molar-refractivity contribution in [3.8, 4) is 0 Å². The van der Waals surface area contributed by atoms with Crippen molar-refractivity contribution in [2.75, 3.05) is 18.0 Å². The number of likely N-dealkylation sites (N-methyl/N-ethyl adjacent to an activating group) is 1. The molecule has 2 aliphatic heterocycles. The average molecular weight is 647 g/mol. The molecule has 11 heteroatoms. The van der Waals surface area contributed by atoms with Crippen LogP contribution in [0.1, 0.15) is 58.2 Å². The highest BCUT2D eigenvalue weighted by Gasteiger charge is 2.44. The first-order valence-corrected chi connectivity index (χ1v) is 17.5. The van der Waals surface area contributed by atoms with Crippen LogP contribution in [0.5, 0.6) is 0 Å². The lowest BCUT2D eigenvalue weighted by Crippen LogP contribution is -2.27. The maximum absolute atomic E-state index is 11.8. The molecule has 0 bridgehead atoms. The predicted molar refractivity (Wildman–Crippen MR) is 173 cm³/mol. The maximum Gasteiger partial charge on any atom is 0.209 e. The highest BCUT2D eigenvalue weighted by molar-refractivity contribution is 7.86. The summed E-state index contributed by atoms with van der Waals surface area (Å²) in [5, 5.41) is 0. The molecule has 3 aromatic rings. The second kappa shape index (κ2) is 11.5. The van der Waals surface area contributed by atoms with Crippen LogP contribution in [0.2, 0.25) is 0 Å². The number of anilines is 1. The van der Waals surface area contributed by atoms with Gasteiger partial charge in [0.05, 0.1) is 15.2 Å². The third-order valence-corrected chi connectivity index (χ3v) is 10.5. The van der Waals surface area contributed by atoms with Crippen LogP contribution >= 0.6 is 0 Å². The van der Waals surface area contributed by atoms with Gasteiger partial charge in [0.1, 0.15) is 26.8 Å². The summed E-state index contributed by atoms with van der Waals surface area (Å²) in [4.78, 5) is 5.79. The van der Waals surface area contributed by atoms with Crippen molar-refractivity contribution in [3.63, 3.8) is 0 Å². The Labute approximate surface area is 265 Å². The summed E-state index contributed by atoms with van der Waals surface area (Å²) in [5.41, 5.74) is 5.77. The van der Waals surface area contributed by atoms with Gasteiger partial charge >= 0.3 is 0 Å². The standard InChI is InChI=1S/C34H37N3O6S2/c1-7-36-29-13-11-25(44(38,39)40)21-27(29)33(3,4)31(36)15-9-23(24-17-19-35-20-18-24)10-16-32-34(5,6)28-22-26(45(41,42)43)12-14-30(28)37(32)8-2/h9-22H,7-8H2,1-6H3,(H-,38,39,40,41,42,43)/p-1. The molecule has 0 radical (unpaired) electrons. The molecule has 3 heterocycles. The lowest BCUT2D eigenvalue weighted by Gasteiger charge is -2.26. The zero-order valence-corrected chi connectivity index (χ0v) is 27.7. The normalized spacial score (nSPS) is 18.6. The van der Waals surface area contributed by atoms with Crippen molar-refractivity contribution >= 4 is 42.9 Å². The molecule has 9 nitrogen and oxygen atoms in total. The molecular formula is C34H36N3O6S2-. The number of hydrogen-bond donors (Lipinski definition) is 0. The molecule has 2 aromatic carbocycles. The second-order valence-electron chi connectivity index (χ2n) is 12.1. The smallest absolute Gasteiger partial charge is 0.209 e. The zero-order chi connectivity index (χ0) is 32.9. The van der Waals surface area contributed by atoms with Crippen molar-refractivity contribution in [3.05, 3.63) is 108 Å². The Morgan fingerprint density at radius 2 is 1.47 bits per heavy atom. The molecule has 0 unspecified atom stereocenters. The Bertz CT molecular complexity index is 2020. The van der Waals surface area contributed by atoms with E-state index in [1.807, 2.05) is 78.0 Å². The van der Waals surface area contributed by atoms with E-state index >= 15 is 0 Å². The number of aromatic nitrogens is 1. The summed E-state index contributed by atoms with van der Waals surface area (Å²) < 4.78 is 72.9. The van der Waals surface area contributed by atoms with E-state index in [0.717, 1.165) is 45.0 Å². The van der Waals surface area contributed by atoms with Gasteiger partial charge in [-0.2, -0.15) is 4.58 Å². The molecule has 0 spiro atoms. The Morgan fingerprint density at radius 3 is 2.04 bits per heavy atom. The van der Waals surface area contributed by atoms with Gasteiger partial charge in [-0.3, -0.25) is 4.98 Å². The lowest BCUT2D eigenvalue weighted by molar-refractivity contribution is -0.433. The largest absolute Gasteiger partial charge is 0.744 e. The lowest BCUT2D eigenvalue weighted by atomic mass is 9.81. The van der Waals surface area contributed by atoms with Crippen molar-refractivity contribution in [2.24, 2.45) is 0 Å². The van der Waals surface area contributed by atoms with Gasteiger partial charge in [-0.15, -0.1) is 0 Å². The van der Waals surface area contributed by atoms with Crippen LogP contribution in [0, 0.1) is 0 Å². The van der Waals surface area contributed by atoms with Crippen LogP contribution in [-0.2, 0) is 31.1 Å². The molecule has 0 saturated heterocycles. The summed E-state index contributed by atoms with van der Waals surface area (Å²) in [6.07, 6.45) is 11.5. The van der Waals surface area contributed by atoms with E-state index in [9.17, 15) is 25.9 Å². The quantitative estimate of drug-likeness (QED) is 0.175. The number of rotatable bonds is 8. The van der Waals surface area contributed by atoms with Gasteiger partial charge in [-0.05, 0) is 99.0 Å². The van der Waals surface area contributed by atoms with E-state index in [0.29, 0.717) is 13.1 Å². The van der Waals surface area contributed by atoms with Gasteiger partial charge in [0.25, 0.3) is 0 Å². The van der Waals surface area contributed by atoms with Crippen LogP contribution in [0.15, 0.2) is 101 Å². The number of nitrogens with zero attached hydrogens (tertiary/aromatic N) is 3. The SMILES string of the molecule is CCN1/C(=C/C=C(/C=C/C2=[N+](CC)c3ccc(S(=O)(=O)[O-])cc3C2(C)C)c2ccncc2)C(C)(C)c2cc(S(=O)(=O)[O-])ccc21. The van der Waals surface area contributed by atoms with E-state index in [-0.39, 0.29) is 9.79 Å². The Hall–Kier alpha value is -3.90. The first-order valence-electron chi connectivity index (χ1n) is 14.7. The maximum atomic E-state index is 11.8. The summed E-state index contributed by atoms with van der Waals surface area (Å²) >= 11 is 0. The van der Waals surface area contributed by atoms with Crippen LogP contribution in [-0.4, -0.2) is 54.3 Å². The van der Waals surface area contributed by atoms with E-state index in [1.165, 1.54) is 24.3 Å². The highest BCUT2D eigenvalue weighted by Crippen LogP contribution is 2.48. The van der Waals surface area contributed by atoms with E-state index in [4.69, 9.17) is 0 Å². The summed E-state index contributed by atoms with van der Waals surface area (Å²) in [5.74, 6) is 0. The average Bonchev–Trinajstić information content (AvgIpc) is 3.34. The Balaban J connectivity index is 1.61. The molecule has 2 aliphatic rings. The van der Waals surface area contributed by atoms with Gasteiger partial charge in [-0.1, -0.05) is 19.9 Å². The molecule has 1 aromatic heterocycles. The zero-order valence-electron chi connectivity index (χ0n) is 26.1. The van der Waals surface area contributed by atoms with Crippen molar-refractivity contribution in [1.29, 1.82) is 0 Å². The fraction of sp³-hybridized carbons (Fsp3) is 0.294. The minimum absolute atomic E-state index is 0.250. The van der Waals surface area contributed by atoms with Crippen molar-refractivity contribution < 1.29 is 30.5 Å². The number of allylic oxidation sites excluding steroid dienone is 6. The minimum atomic E-state index is -4.61. The Morgan fingerprint density at radius 1 is 0.867 bits per heavy atom. The molecule has 45 heavy (non-hydrogen) atoms. The van der Waals surface area contributed by atoms with E-state index in [2.05, 4.69) is 14.5 Å². The van der Waals surface area contributed by atoms with Gasteiger partial charge in [0.2, 0.25) is 5.69 Å². The fourth-order valence-corrected chi connectivity index (χ4v) is 7.43. The first kappa shape index (κ1) is 32.5. The second-order valence-corrected chi connectivity index (χ2v) is 14.9. The summed E-state index contributed by atoms with van der Waals surface area (Å²) in [6, 6.07) is 12.9.